The number of rotatable bonds is 39. The van der Waals surface area contributed by atoms with Crippen molar-refractivity contribution in [3.05, 3.63) is 12.2 Å². The fourth-order valence-electron chi connectivity index (χ4n) is 5.72. The van der Waals surface area contributed by atoms with Crippen LogP contribution in [0.25, 0.3) is 0 Å². The van der Waals surface area contributed by atoms with Gasteiger partial charge in [-0.1, -0.05) is 154 Å². The largest absolute Gasteiger partial charge is 0.472 e. The van der Waals surface area contributed by atoms with Crippen LogP contribution in [0.2, 0.25) is 0 Å². The molecule has 3 atom stereocenters. The minimum Gasteiger partial charge on any atom is -0.457 e. The zero-order valence-corrected chi connectivity index (χ0v) is 32.7. The summed E-state index contributed by atoms with van der Waals surface area (Å²) >= 11 is 0. The van der Waals surface area contributed by atoms with Crippen molar-refractivity contribution >= 4 is 13.8 Å². The van der Waals surface area contributed by atoms with E-state index in [2.05, 4.69) is 26.0 Å². The number of ether oxygens (including phenoxy) is 2. The number of carbonyl (C=O) groups excluding carboxylic acids is 1. The van der Waals surface area contributed by atoms with Gasteiger partial charge in [-0.25, -0.2) is 4.57 Å². The van der Waals surface area contributed by atoms with Crippen molar-refractivity contribution in [3.8, 4) is 0 Å². The predicted molar refractivity (Wildman–Crippen MR) is 202 cm³/mol. The van der Waals surface area contributed by atoms with Crippen LogP contribution in [0.15, 0.2) is 12.2 Å². The molecule has 292 valence electrons. The predicted octanol–water partition coefficient (Wildman–Crippen LogP) is 10.8. The first-order valence-corrected chi connectivity index (χ1v) is 21.8. The van der Waals surface area contributed by atoms with Gasteiger partial charge in [-0.3, -0.25) is 13.8 Å². The first-order valence-electron chi connectivity index (χ1n) is 20.3. The van der Waals surface area contributed by atoms with Crippen LogP contribution in [-0.4, -0.2) is 54.7 Å². The molecule has 0 fully saturated rings. The van der Waals surface area contributed by atoms with Crippen LogP contribution in [0.1, 0.15) is 194 Å². The van der Waals surface area contributed by atoms with Gasteiger partial charge in [0, 0.05) is 13.0 Å². The van der Waals surface area contributed by atoms with Gasteiger partial charge < -0.3 is 25.2 Å². The Labute approximate surface area is 301 Å². The summed E-state index contributed by atoms with van der Waals surface area (Å²) in [5.74, 6) is -0.420. The van der Waals surface area contributed by atoms with Crippen molar-refractivity contribution in [3.63, 3.8) is 0 Å². The van der Waals surface area contributed by atoms with E-state index in [9.17, 15) is 19.4 Å². The van der Waals surface area contributed by atoms with Gasteiger partial charge in [0.25, 0.3) is 0 Å². The number of phosphoric ester groups is 1. The standard InChI is InChI=1S/C39H78NO8P/c1-3-5-7-9-11-13-15-17-18-20-22-24-26-28-30-32-39(42)48-37(36-47-49(43,44)46-34-33-40)35-45-38(41)31-29-27-25-23-21-19-16-14-12-10-8-6-4-2/h17-18,37-38,41H,3-16,19-36,40H2,1-2H3,(H,43,44)/b18-17-/t37-,38?/m1/s1. The minimum atomic E-state index is -4.35. The van der Waals surface area contributed by atoms with E-state index in [1.54, 1.807) is 0 Å². The first-order chi connectivity index (χ1) is 23.8. The number of phosphoric acid groups is 1. The van der Waals surface area contributed by atoms with Crippen LogP contribution in [-0.2, 0) is 27.9 Å². The minimum absolute atomic E-state index is 0.0662. The maximum Gasteiger partial charge on any atom is 0.472 e. The van der Waals surface area contributed by atoms with E-state index in [1.165, 1.54) is 109 Å². The maximum atomic E-state index is 12.6. The third-order valence-electron chi connectivity index (χ3n) is 8.77. The molecule has 0 saturated carbocycles. The van der Waals surface area contributed by atoms with E-state index in [-0.39, 0.29) is 32.8 Å². The molecule has 0 aromatic rings. The Bertz CT molecular complexity index is 784. The van der Waals surface area contributed by atoms with Crippen LogP contribution in [0.3, 0.4) is 0 Å². The van der Waals surface area contributed by atoms with Gasteiger partial charge in [-0.2, -0.15) is 0 Å². The molecular weight excluding hydrogens is 641 g/mol. The highest BCUT2D eigenvalue weighted by molar-refractivity contribution is 7.47. The molecule has 0 heterocycles. The van der Waals surface area contributed by atoms with Gasteiger partial charge in [0.1, 0.15) is 6.10 Å². The maximum absolute atomic E-state index is 12.6. The van der Waals surface area contributed by atoms with Crippen molar-refractivity contribution in [2.75, 3.05) is 26.4 Å². The van der Waals surface area contributed by atoms with Crippen molar-refractivity contribution < 1.29 is 37.9 Å². The summed E-state index contributed by atoms with van der Waals surface area (Å²) in [5.41, 5.74) is 5.34. The fraction of sp³-hybridized carbons (Fsp3) is 0.923. The summed E-state index contributed by atoms with van der Waals surface area (Å²) < 4.78 is 33.0. The zero-order valence-electron chi connectivity index (χ0n) is 31.8. The molecule has 0 aliphatic rings. The third-order valence-corrected chi connectivity index (χ3v) is 9.75. The average Bonchev–Trinajstić information content (AvgIpc) is 3.08. The Morgan fingerprint density at radius 3 is 1.59 bits per heavy atom. The molecule has 0 bridgehead atoms. The van der Waals surface area contributed by atoms with Crippen LogP contribution in [0.4, 0.5) is 0 Å². The topological polar surface area (TPSA) is 138 Å². The van der Waals surface area contributed by atoms with Crippen molar-refractivity contribution in [2.24, 2.45) is 5.73 Å². The lowest BCUT2D eigenvalue weighted by Crippen LogP contribution is -2.30. The van der Waals surface area contributed by atoms with E-state index in [1.807, 2.05) is 0 Å². The van der Waals surface area contributed by atoms with Gasteiger partial charge in [0.15, 0.2) is 6.29 Å². The zero-order chi connectivity index (χ0) is 36.1. The molecule has 0 aliphatic heterocycles. The van der Waals surface area contributed by atoms with Gasteiger partial charge in [-0.05, 0) is 44.9 Å². The van der Waals surface area contributed by atoms with Gasteiger partial charge in [0.2, 0.25) is 0 Å². The average molecular weight is 720 g/mol. The first kappa shape index (κ1) is 48.2. The van der Waals surface area contributed by atoms with Gasteiger partial charge in [-0.15, -0.1) is 0 Å². The Hall–Kier alpha value is -0.800. The number of nitrogens with two attached hydrogens (primary N) is 1. The SMILES string of the molecule is CCCCCCCC/C=C\CCCCCCCC(=O)O[C@H](COC(O)CCCCCCCCCCCCCCC)COP(=O)(O)OCCN. The number of carbonyl (C=O) groups is 1. The number of aliphatic hydroxyl groups excluding tert-OH is 1. The second-order valence-corrected chi connectivity index (χ2v) is 15.1. The molecule has 0 aliphatic carbocycles. The highest BCUT2D eigenvalue weighted by Crippen LogP contribution is 2.43. The van der Waals surface area contributed by atoms with E-state index >= 15 is 0 Å². The molecule has 0 radical (unpaired) electrons. The van der Waals surface area contributed by atoms with Gasteiger partial charge in [0.05, 0.1) is 19.8 Å². The molecular formula is C39H78NO8P. The molecule has 0 aromatic heterocycles. The van der Waals surface area contributed by atoms with Crippen LogP contribution >= 0.6 is 7.82 Å². The second-order valence-electron chi connectivity index (χ2n) is 13.7. The molecule has 49 heavy (non-hydrogen) atoms. The molecule has 0 spiro atoms. The summed E-state index contributed by atoms with van der Waals surface area (Å²) in [6.07, 6.45) is 34.9. The summed E-state index contributed by atoms with van der Waals surface area (Å²) in [6.45, 7) is 3.90. The number of hydrogen-bond donors (Lipinski definition) is 3. The Balaban J connectivity index is 4.18. The van der Waals surface area contributed by atoms with Crippen LogP contribution < -0.4 is 5.73 Å². The molecule has 0 saturated heterocycles. The number of hydrogen-bond acceptors (Lipinski definition) is 8. The van der Waals surface area contributed by atoms with E-state index in [4.69, 9.17) is 24.3 Å². The lowest BCUT2D eigenvalue weighted by Gasteiger charge is -2.21. The van der Waals surface area contributed by atoms with Crippen molar-refractivity contribution in [2.45, 2.75) is 206 Å². The number of unbranched alkanes of at least 4 members (excludes halogenated alkanes) is 23. The number of esters is 1. The van der Waals surface area contributed by atoms with Crippen molar-refractivity contribution in [1.29, 1.82) is 0 Å². The number of aliphatic hydroxyl groups is 1. The molecule has 2 unspecified atom stereocenters. The van der Waals surface area contributed by atoms with Crippen LogP contribution in [0, 0.1) is 0 Å². The summed E-state index contributed by atoms with van der Waals surface area (Å²) in [5, 5.41) is 10.4. The third kappa shape index (κ3) is 36.8. The highest BCUT2D eigenvalue weighted by Gasteiger charge is 2.25. The molecule has 0 rings (SSSR count). The molecule has 4 N–H and O–H groups in total. The quantitative estimate of drug-likeness (QED) is 0.0186. The summed E-state index contributed by atoms with van der Waals surface area (Å²) in [7, 11) is -4.35. The lowest BCUT2D eigenvalue weighted by atomic mass is 10.0. The normalized spacial score (nSPS) is 14.3. The molecule has 0 aromatic carbocycles. The Morgan fingerprint density at radius 2 is 1.10 bits per heavy atom. The van der Waals surface area contributed by atoms with E-state index < -0.39 is 26.2 Å². The molecule has 10 heteroatoms. The smallest absolute Gasteiger partial charge is 0.457 e. The second kappa shape index (κ2) is 37.0. The summed E-state index contributed by atoms with van der Waals surface area (Å²) in [6, 6.07) is 0. The highest BCUT2D eigenvalue weighted by atomic mass is 31.2. The molecule has 9 nitrogen and oxygen atoms in total. The van der Waals surface area contributed by atoms with E-state index in [0.717, 1.165) is 51.4 Å². The lowest BCUT2D eigenvalue weighted by molar-refractivity contribution is -0.166. The number of allylic oxidation sites excluding steroid dienone is 2. The molecule has 0 amide bonds. The fourth-order valence-corrected chi connectivity index (χ4v) is 6.49. The van der Waals surface area contributed by atoms with E-state index in [0.29, 0.717) is 12.8 Å². The Kier molecular flexibility index (Phi) is 36.4. The Morgan fingerprint density at radius 1 is 0.653 bits per heavy atom. The van der Waals surface area contributed by atoms with Gasteiger partial charge >= 0.3 is 13.8 Å². The van der Waals surface area contributed by atoms with Crippen LogP contribution in [0.5, 0.6) is 0 Å². The monoisotopic (exact) mass is 720 g/mol. The summed E-state index contributed by atoms with van der Waals surface area (Å²) in [4.78, 5) is 22.4. The van der Waals surface area contributed by atoms with Crippen molar-refractivity contribution in [1.82, 2.24) is 0 Å².